The molecule has 9 nitrogen and oxygen atoms in total. The number of likely N-dealkylation sites (tertiary alicyclic amines) is 1. The lowest BCUT2D eigenvalue weighted by molar-refractivity contribution is -0.192. The summed E-state index contributed by atoms with van der Waals surface area (Å²) >= 11 is 1.49. The van der Waals surface area contributed by atoms with Gasteiger partial charge in [0.05, 0.1) is 24.4 Å². The Bertz CT molecular complexity index is 1330. The Morgan fingerprint density at radius 2 is 1.82 bits per heavy atom. The normalized spacial score (nSPS) is 22.6. The van der Waals surface area contributed by atoms with Gasteiger partial charge in [0.2, 0.25) is 0 Å². The van der Waals surface area contributed by atoms with Crippen molar-refractivity contribution in [2.24, 2.45) is 0 Å². The van der Waals surface area contributed by atoms with Crippen LogP contribution in [-0.4, -0.2) is 73.1 Å². The molecule has 5 rings (SSSR count). The number of rotatable bonds is 5. The van der Waals surface area contributed by atoms with Gasteiger partial charge in [-0.2, -0.15) is 13.2 Å². The number of carboxylic acid groups (broad SMARTS) is 1. The number of alkyl halides is 3. The first-order valence-corrected chi connectivity index (χ1v) is 13.4. The Balaban J connectivity index is 0.000000470. The first kappa shape index (κ1) is 29.4. The van der Waals surface area contributed by atoms with E-state index < -0.39 is 12.1 Å². The maximum atomic E-state index is 12.7. The van der Waals surface area contributed by atoms with Crippen LogP contribution < -0.4 is 20.1 Å². The van der Waals surface area contributed by atoms with Crippen molar-refractivity contribution >= 4 is 38.7 Å². The molecule has 1 aliphatic carbocycles. The van der Waals surface area contributed by atoms with E-state index in [9.17, 15) is 18.0 Å². The number of likely N-dealkylation sites (N-methyl/N-ethyl adjacent to an activating group) is 1. The molecule has 0 spiro atoms. The largest absolute Gasteiger partial charge is 0.493 e. The number of ether oxygens (including phenoxy) is 2. The fourth-order valence-corrected chi connectivity index (χ4v) is 6.50. The molecule has 3 atom stereocenters. The minimum Gasteiger partial charge on any atom is -0.493 e. The van der Waals surface area contributed by atoms with Crippen LogP contribution in [0.1, 0.15) is 31.2 Å². The van der Waals surface area contributed by atoms with E-state index in [-0.39, 0.29) is 17.5 Å². The van der Waals surface area contributed by atoms with Crippen LogP contribution in [0.15, 0.2) is 42.5 Å². The summed E-state index contributed by atoms with van der Waals surface area (Å²) in [5, 5.41) is 13.9. The first-order valence-electron chi connectivity index (χ1n) is 12.6. The lowest BCUT2D eigenvalue weighted by Crippen LogP contribution is -2.52. The van der Waals surface area contributed by atoms with Gasteiger partial charge in [-0.3, -0.25) is 5.32 Å². The van der Waals surface area contributed by atoms with Crippen molar-refractivity contribution in [1.29, 1.82) is 0 Å². The molecule has 2 fully saturated rings. The number of carboxylic acids is 1. The number of amides is 2. The molecule has 1 aromatic heterocycles. The maximum Gasteiger partial charge on any atom is 0.490 e. The lowest BCUT2D eigenvalue weighted by atomic mass is 9.65. The number of aromatic nitrogens is 1. The van der Waals surface area contributed by atoms with E-state index in [0.717, 1.165) is 53.9 Å². The number of methoxy groups -OCH3 is 2. The van der Waals surface area contributed by atoms with E-state index in [1.165, 1.54) is 16.9 Å². The lowest BCUT2D eigenvalue weighted by Gasteiger charge is -2.45. The van der Waals surface area contributed by atoms with Crippen molar-refractivity contribution in [3.63, 3.8) is 0 Å². The molecule has 3 N–H and O–H groups in total. The van der Waals surface area contributed by atoms with E-state index in [1.807, 2.05) is 30.3 Å². The highest BCUT2D eigenvalue weighted by atomic mass is 32.1. The topological polar surface area (TPSA) is 113 Å². The van der Waals surface area contributed by atoms with E-state index >= 15 is 0 Å². The Morgan fingerprint density at radius 3 is 2.48 bits per heavy atom. The quantitative estimate of drug-likeness (QED) is 0.377. The van der Waals surface area contributed by atoms with Crippen molar-refractivity contribution in [1.82, 2.24) is 15.2 Å². The molecule has 3 aromatic rings. The van der Waals surface area contributed by atoms with Crippen LogP contribution in [0.4, 0.5) is 23.1 Å². The number of halogens is 3. The summed E-state index contributed by atoms with van der Waals surface area (Å²) < 4.78 is 43.8. The molecule has 1 saturated carbocycles. The Hall–Kier alpha value is -3.58. The van der Waals surface area contributed by atoms with Gasteiger partial charge in [0, 0.05) is 17.5 Å². The number of para-hydroxylation sites is 1. The number of urea groups is 1. The molecule has 0 bridgehead atoms. The third-order valence-electron chi connectivity index (χ3n) is 7.58. The van der Waals surface area contributed by atoms with E-state index in [2.05, 4.69) is 39.7 Å². The minimum atomic E-state index is -5.08. The second kappa shape index (κ2) is 11.9. The molecule has 3 unspecified atom stereocenters. The molecule has 2 aliphatic rings. The SMILES string of the molecule is COc1ccc(C23CCC(NC(=O)Nc4nc5ccccc5s4)CC2N(C)CC3)cc1OC.O=C(O)C(F)(F)F. The van der Waals surface area contributed by atoms with Gasteiger partial charge in [0.15, 0.2) is 16.6 Å². The molecular weight excluding hydrogens is 549 g/mol. The van der Waals surface area contributed by atoms with Gasteiger partial charge in [-0.25, -0.2) is 14.6 Å². The highest BCUT2D eigenvalue weighted by molar-refractivity contribution is 7.22. The predicted octanol–water partition coefficient (Wildman–Crippen LogP) is 5.26. The zero-order valence-corrected chi connectivity index (χ0v) is 23.1. The summed E-state index contributed by atoms with van der Waals surface area (Å²) in [6.07, 6.45) is -1.11. The molecule has 13 heteroatoms. The molecule has 216 valence electrons. The zero-order chi connectivity index (χ0) is 29.1. The summed E-state index contributed by atoms with van der Waals surface area (Å²) in [6.45, 7) is 1.05. The molecule has 40 heavy (non-hydrogen) atoms. The van der Waals surface area contributed by atoms with Gasteiger partial charge < -0.3 is 24.8 Å². The fourth-order valence-electron chi connectivity index (χ4n) is 5.64. The molecule has 0 radical (unpaired) electrons. The number of thiazole rings is 1. The minimum absolute atomic E-state index is 0.0655. The van der Waals surface area contributed by atoms with Crippen LogP contribution in [0.5, 0.6) is 11.5 Å². The van der Waals surface area contributed by atoms with Crippen molar-refractivity contribution < 1.29 is 37.3 Å². The van der Waals surface area contributed by atoms with Crippen LogP contribution in [0.2, 0.25) is 0 Å². The maximum absolute atomic E-state index is 12.7. The molecular formula is C27H31F3N4O5S. The fraction of sp³-hybridized carbons (Fsp3) is 0.444. The number of benzene rings is 2. The first-order chi connectivity index (χ1) is 19.0. The Morgan fingerprint density at radius 1 is 1.12 bits per heavy atom. The van der Waals surface area contributed by atoms with Gasteiger partial charge in [-0.15, -0.1) is 0 Å². The Kier molecular flexibility index (Phi) is 8.74. The number of hydrogen-bond donors (Lipinski definition) is 3. The summed E-state index contributed by atoms with van der Waals surface area (Å²) in [6, 6.07) is 14.5. The average molecular weight is 581 g/mol. The number of aliphatic carboxylic acids is 1. The van der Waals surface area contributed by atoms with Crippen molar-refractivity contribution in [2.75, 3.05) is 33.1 Å². The predicted molar refractivity (Wildman–Crippen MR) is 145 cm³/mol. The number of hydrogen-bond acceptors (Lipinski definition) is 7. The highest BCUT2D eigenvalue weighted by Crippen LogP contribution is 2.49. The van der Waals surface area contributed by atoms with Crippen LogP contribution in [0, 0.1) is 0 Å². The number of anilines is 1. The third kappa shape index (κ3) is 6.25. The van der Waals surface area contributed by atoms with E-state index in [1.54, 1.807) is 14.2 Å². The molecule has 2 heterocycles. The summed E-state index contributed by atoms with van der Waals surface area (Å²) in [4.78, 5) is 28.6. The summed E-state index contributed by atoms with van der Waals surface area (Å²) in [5.41, 5.74) is 2.27. The smallest absolute Gasteiger partial charge is 0.490 e. The van der Waals surface area contributed by atoms with Gasteiger partial charge in [-0.05, 0) is 69.1 Å². The second-order valence-corrected chi connectivity index (χ2v) is 10.9. The monoisotopic (exact) mass is 580 g/mol. The second-order valence-electron chi connectivity index (χ2n) is 9.83. The van der Waals surface area contributed by atoms with Crippen LogP contribution in [0.25, 0.3) is 10.2 Å². The van der Waals surface area contributed by atoms with Gasteiger partial charge in [-0.1, -0.05) is 29.5 Å². The van der Waals surface area contributed by atoms with Crippen molar-refractivity contribution in [3.8, 4) is 11.5 Å². The van der Waals surface area contributed by atoms with Crippen molar-refractivity contribution in [2.45, 2.75) is 49.4 Å². The summed E-state index contributed by atoms with van der Waals surface area (Å²) in [5.74, 6) is -1.23. The standard InChI is InChI=1S/C25H30N4O3S.C2HF3O2/c1-29-13-12-25(16-8-9-19(31-2)20(14-16)32-3)11-10-17(15-22(25)29)26-23(30)28-24-27-18-6-4-5-7-21(18)33-24;3-2(4,5)1(6)7/h4-9,14,17,22H,10-13,15H2,1-3H3,(H2,26,27,28,30);(H,6,7). The Labute approximate surface area is 233 Å². The number of nitrogens with one attached hydrogen (secondary N) is 2. The highest BCUT2D eigenvalue weighted by Gasteiger charge is 2.50. The van der Waals surface area contributed by atoms with Crippen LogP contribution in [0.3, 0.4) is 0 Å². The average Bonchev–Trinajstić information content (AvgIpc) is 3.48. The van der Waals surface area contributed by atoms with Gasteiger partial charge in [0.1, 0.15) is 0 Å². The van der Waals surface area contributed by atoms with E-state index in [4.69, 9.17) is 19.4 Å². The van der Waals surface area contributed by atoms with Crippen LogP contribution in [-0.2, 0) is 10.2 Å². The zero-order valence-electron chi connectivity index (χ0n) is 22.2. The number of nitrogens with zero attached hydrogens (tertiary/aromatic N) is 2. The molecule has 2 amide bonds. The molecule has 1 aliphatic heterocycles. The molecule has 1 saturated heterocycles. The van der Waals surface area contributed by atoms with Gasteiger partial charge in [0.25, 0.3) is 0 Å². The number of carbonyl (C=O) groups is 2. The van der Waals surface area contributed by atoms with E-state index in [0.29, 0.717) is 11.2 Å². The van der Waals surface area contributed by atoms with Gasteiger partial charge >= 0.3 is 18.2 Å². The van der Waals surface area contributed by atoms with Crippen molar-refractivity contribution in [3.05, 3.63) is 48.0 Å². The number of carbonyl (C=O) groups excluding carboxylic acids is 1. The number of fused-ring (bicyclic) bond motifs is 2. The van der Waals surface area contributed by atoms with Crippen LogP contribution >= 0.6 is 11.3 Å². The third-order valence-corrected chi connectivity index (χ3v) is 8.53. The molecule has 2 aromatic carbocycles. The summed E-state index contributed by atoms with van der Waals surface area (Å²) in [7, 11) is 5.54.